The Morgan fingerprint density at radius 1 is 1.42 bits per heavy atom. The second-order valence-electron chi connectivity index (χ2n) is 4.21. The number of nitrogens with two attached hydrogens (primary N) is 1. The number of halogens is 1. The van der Waals surface area contributed by atoms with E-state index in [1.807, 2.05) is 0 Å². The van der Waals surface area contributed by atoms with Gasteiger partial charge in [-0.2, -0.15) is 0 Å². The summed E-state index contributed by atoms with van der Waals surface area (Å²) in [6, 6.07) is 3.57. The predicted octanol–water partition coefficient (Wildman–Crippen LogP) is 1.16. The van der Waals surface area contributed by atoms with Gasteiger partial charge in [0.1, 0.15) is 16.5 Å². The third kappa shape index (κ3) is 2.93. The minimum absolute atomic E-state index is 0.195. The Morgan fingerprint density at radius 2 is 2.16 bits per heavy atom. The molecule has 0 unspecified atom stereocenters. The highest BCUT2D eigenvalue weighted by Crippen LogP contribution is 2.19. The number of benzene rings is 1. The summed E-state index contributed by atoms with van der Waals surface area (Å²) in [6.45, 7) is 0. The van der Waals surface area contributed by atoms with Crippen molar-refractivity contribution in [3.63, 3.8) is 0 Å². The lowest BCUT2D eigenvalue weighted by molar-refractivity contribution is 0.566. The molecule has 0 saturated heterocycles. The zero-order chi connectivity index (χ0) is 14.0. The number of aromatic nitrogens is 2. The molecule has 0 bridgehead atoms. The average molecular weight is 283 g/mol. The quantitative estimate of drug-likeness (QED) is 0.854. The van der Waals surface area contributed by atoms with Gasteiger partial charge in [-0.1, -0.05) is 0 Å². The molecule has 2 N–H and O–H groups in total. The van der Waals surface area contributed by atoms with E-state index < -0.39 is 15.7 Å². The fourth-order valence-electron chi connectivity index (χ4n) is 1.74. The molecule has 2 aromatic rings. The molecule has 0 radical (unpaired) electrons. The summed E-state index contributed by atoms with van der Waals surface area (Å²) in [6.07, 6.45) is 3.55. The van der Waals surface area contributed by atoms with Crippen LogP contribution in [0.25, 0.3) is 0 Å². The van der Waals surface area contributed by atoms with Crippen molar-refractivity contribution in [2.24, 2.45) is 7.05 Å². The average Bonchev–Trinajstić information content (AvgIpc) is 2.72. The molecule has 0 aliphatic carbocycles. The van der Waals surface area contributed by atoms with Crippen molar-refractivity contribution in [1.29, 1.82) is 0 Å². The van der Waals surface area contributed by atoms with Crippen LogP contribution in [0.3, 0.4) is 0 Å². The van der Waals surface area contributed by atoms with Gasteiger partial charge in [0, 0.05) is 31.5 Å². The van der Waals surface area contributed by atoms with Crippen LogP contribution in [0.2, 0.25) is 0 Å². The second-order valence-corrected chi connectivity index (χ2v) is 6.29. The largest absolute Gasteiger partial charge is 0.399 e. The van der Waals surface area contributed by atoms with Crippen molar-refractivity contribution in [3.05, 3.63) is 42.2 Å². The van der Waals surface area contributed by atoms with Crippen LogP contribution in [0.15, 0.2) is 35.5 Å². The maximum atomic E-state index is 13.6. The summed E-state index contributed by atoms with van der Waals surface area (Å²) in [5.41, 5.74) is 5.59. The molecule has 5 nitrogen and oxygen atoms in total. The van der Waals surface area contributed by atoms with Crippen molar-refractivity contribution in [2.75, 3.05) is 11.5 Å². The van der Waals surface area contributed by atoms with Crippen LogP contribution in [0.5, 0.6) is 0 Å². The van der Waals surface area contributed by atoms with E-state index in [2.05, 4.69) is 4.98 Å². The molecule has 0 fully saturated rings. The molecule has 1 aromatic heterocycles. The minimum Gasteiger partial charge on any atom is -0.399 e. The first kappa shape index (κ1) is 13.5. The summed E-state index contributed by atoms with van der Waals surface area (Å²) >= 11 is 0. The van der Waals surface area contributed by atoms with Crippen LogP contribution in [-0.2, 0) is 23.3 Å². The standard InChI is InChI=1S/C12H14FN3O2S/c1-16-6-5-15-12(16)4-7-19(17,18)11-3-2-9(14)8-10(11)13/h2-3,5-6,8H,4,7,14H2,1H3. The van der Waals surface area contributed by atoms with E-state index in [-0.39, 0.29) is 22.8 Å². The first-order valence-corrected chi connectivity index (χ1v) is 7.29. The van der Waals surface area contributed by atoms with Crippen LogP contribution >= 0.6 is 0 Å². The van der Waals surface area contributed by atoms with E-state index in [0.717, 1.165) is 6.07 Å². The number of nitrogen functional groups attached to an aromatic ring is 1. The molecule has 0 atom stereocenters. The number of hydrogen-bond acceptors (Lipinski definition) is 4. The fourth-order valence-corrected chi connectivity index (χ4v) is 3.04. The lowest BCUT2D eigenvalue weighted by Crippen LogP contribution is -2.13. The SMILES string of the molecule is Cn1ccnc1CCS(=O)(=O)c1ccc(N)cc1F. The fraction of sp³-hybridized carbons (Fsp3) is 0.250. The van der Waals surface area contributed by atoms with Crippen LogP contribution < -0.4 is 5.73 Å². The molecule has 0 amide bonds. The van der Waals surface area contributed by atoms with Gasteiger partial charge in [-0.3, -0.25) is 0 Å². The lowest BCUT2D eigenvalue weighted by Gasteiger charge is -2.06. The van der Waals surface area contributed by atoms with Gasteiger partial charge in [0.15, 0.2) is 9.84 Å². The number of rotatable bonds is 4. The molecule has 0 aliphatic rings. The summed E-state index contributed by atoms with van der Waals surface area (Å²) in [7, 11) is -1.91. The Morgan fingerprint density at radius 3 is 2.74 bits per heavy atom. The molecule has 0 spiro atoms. The van der Waals surface area contributed by atoms with Gasteiger partial charge < -0.3 is 10.3 Å². The molecule has 1 aromatic carbocycles. The first-order valence-electron chi connectivity index (χ1n) is 5.64. The Bertz CT molecular complexity index is 695. The Labute approximate surface area is 110 Å². The Balaban J connectivity index is 2.21. The van der Waals surface area contributed by atoms with Crippen molar-refractivity contribution in [2.45, 2.75) is 11.3 Å². The molecular weight excluding hydrogens is 269 g/mol. The van der Waals surface area contributed by atoms with E-state index in [4.69, 9.17) is 5.73 Å². The van der Waals surface area contributed by atoms with Crippen LogP contribution in [0.1, 0.15) is 5.82 Å². The number of sulfone groups is 1. The summed E-state index contributed by atoms with van der Waals surface area (Å²) in [5, 5.41) is 0. The van der Waals surface area contributed by atoms with Gasteiger partial charge in [-0.15, -0.1) is 0 Å². The smallest absolute Gasteiger partial charge is 0.181 e. The summed E-state index contributed by atoms with van der Waals surface area (Å²) < 4.78 is 39.4. The molecule has 102 valence electrons. The molecule has 0 saturated carbocycles. The van der Waals surface area contributed by atoms with E-state index in [1.54, 1.807) is 24.0 Å². The van der Waals surface area contributed by atoms with Crippen molar-refractivity contribution >= 4 is 15.5 Å². The van der Waals surface area contributed by atoms with Gasteiger partial charge in [0.2, 0.25) is 0 Å². The van der Waals surface area contributed by atoms with E-state index in [0.29, 0.717) is 5.82 Å². The zero-order valence-corrected chi connectivity index (χ0v) is 11.2. The van der Waals surface area contributed by atoms with Crippen LogP contribution in [0.4, 0.5) is 10.1 Å². The van der Waals surface area contributed by atoms with E-state index >= 15 is 0 Å². The van der Waals surface area contributed by atoms with E-state index in [9.17, 15) is 12.8 Å². The zero-order valence-electron chi connectivity index (χ0n) is 10.4. The highest BCUT2D eigenvalue weighted by atomic mass is 32.2. The maximum absolute atomic E-state index is 13.6. The summed E-state index contributed by atoms with van der Waals surface area (Å²) in [5.74, 6) is -0.377. The van der Waals surface area contributed by atoms with Crippen molar-refractivity contribution in [1.82, 2.24) is 9.55 Å². The van der Waals surface area contributed by atoms with Gasteiger partial charge in [0.25, 0.3) is 0 Å². The second kappa shape index (κ2) is 5.00. The van der Waals surface area contributed by atoms with Gasteiger partial charge in [-0.05, 0) is 18.2 Å². The Hall–Kier alpha value is -1.89. The molecule has 7 heteroatoms. The first-order chi connectivity index (χ1) is 8.90. The van der Waals surface area contributed by atoms with Gasteiger partial charge in [0.05, 0.1) is 5.75 Å². The highest BCUT2D eigenvalue weighted by Gasteiger charge is 2.20. The minimum atomic E-state index is -3.68. The number of aryl methyl sites for hydroxylation is 2. The predicted molar refractivity (Wildman–Crippen MR) is 69.8 cm³/mol. The number of hydrogen-bond donors (Lipinski definition) is 1. The molecule has 19 heavy (non-hydrogen) atoms. The lowest BCUT2D eigenvalue weighted by atomic mass is 10.3. The highest BCUT2D eigenvalue weighted by molar-refractivity contribution is 7.91. The monoisotopic (exact) mass is 283 g/mol. The molecule has 2 rings (SSSR count). The molecule has 0 aliphatic heterocycles. The van der Waals surface area contributed by atoms with Gasteiger partial charge >= 0.3 is 0 Å². The van der Waals surface area contributed by atoms with E-state index in [1.165, 1.54) is 12.1 Å². The topological polar surface area (TPSA) is 78.0 Å². The van der Waals surface area contributed by atoms with Gasteiger partial charge in [-0.25, -0.2) is 17.8 Å². The van der Waals surface area contributed by atoms with Crippen LogP contribution in [-0.4, -0.2) is 23.7 Å². The number of imidazole rings is 1. The number of anilines is 1. The Kier molecular flexibility index (Phi) is 3.57. The normalized spacial score (nSPS) is 11.7. The molecular formula is C12H14FN3O2S. The summed E-state index contributed by atoms with van der Waals surface area (Å²) in [4.78, 5) is 3.71. The van der Waals surface area contributed by atoms with Crippen molar-refractivity contribution in [3.8, 4) is 0 Å². The third-order valence-corrected chi connectivity index (χ3v) is 4.55. The van der Waals surface area contributed by atoms with Crippen LogP contribution in [0, 0.1) is 5.82 Å². The maximum Gasteiger partial charge on any atom is 0.181 e. The third-order valence-electron chi connectivity index (χ3n) is 2.81. The molecule has 1 heterocycles. The number of nitrogens with zero attached hydrogens (tertiary/aromatic N) is 2. The van der Waals surface area contributed by atoms with Crippen molar-refractivity contribution < 1.29 is 12.8 Å².